The summed E-state index contributed by atoms with van der Waals surface area (Å²) in [5, 5.41) is 4.96. The van der Waals surface area contributed by atoms with Crippen molar-refractivity contribution >= 4 is 5.91 Å². The second-order valence-corrected chi connectivity index (χ2v) is 7.60. The molecule has 4 aromatic rings. The van der Waals surface area contributed by atoms with E-state index in [1.54, 1.807) is 13.2 Å². The first-order valence-corrected chi connectivity index (χ1v) is 10.4. The Labute approximate surface area is 181 Å². The lowest BCUT2D eigenvalue weighted by Crippen LogP contribution is -2.36. The van der Waals surface area contributed by atoms with Crippen LogP contribution in [0.25, 0.3) is 16.9 Å². The predicted octanol–water partition coefficient (Wildman–Crippen LogP) is 4.75. The highest BCUT2D eigenvalue weighted by Crippen LogP contribution is 2.33. The van der Waals surface area contributed by atoms with Gasteiger partial charge in [0.1, 0.15) is 5.75 Å². The monoisotopic (exact) mass is 409 g/mol. The van der Waals surface area contributed by atoms with Gasteiger partial charge < -0.3 is 9.64 Å². The van der Waals surface area contributed by atoms with Crippen LogP contribution in [0.15, 0.2) is 84.9 Å². The lowest BCUT2D eigenvalue weighted by Gasteiger charge is -2.26. The van der Waals surface area contributed by atoms with Gasteiger partial charge in [-0.1, -0.05) is 54.6 Å². The number of nitrogens with zero attached hydrogens (tertiary/aromatic N) is 3. The summed E-state index contributed by atoms with van der Waals surface area (Å²) in [7, 11) is 1.61. The van der Waals surface area contributed by atoms with E-state index in [2.05, 4.69) is 24.3 Å². The van der Waals surface area contributed by atoms with Gasteiger partial charge in [-0.15, -0.1) is 0 Å². The van der Waals surface area contributed by atoms with Crippen molar-refractivity contribution in [1.82, 2.24) is 14.7 Å². The average molecular weight is 409 g/mol. The highest BCUT2D eigenvalue weighted by atomic mass is 16.5. The van der Waals surface area contributed by atoms with Crippen LogP contribution in [-0.2, 0) is 13.0 Å². The SMILES string of the molecule is COc1cccc(C(=O)N2CCc3c(nn(-c4ccccc4)c3-c3ccccc3)C2)c1. The van der Waals surface area contributed by atoms with E-state index in [0.29, 0.717) is 24.4 Å². The summed E-state index contributed by atoms with van der Waals surface area (Å²) in [6, 6.07) is 27.8. The fourth-order valence-electron chi connectivity index (χ4n) is 4.15. The summed E-state index contributed by atoms with van der Waals surface area (Å²) in [6.45, 7) is 1.15. The molecule has 0 spiro atoms. The summed E-state index contributed by atoms with van der Waals surface area (Å²) in [5.74, 6) is 0.684. The van der Waals surface area contributed by atoms with Crippen molar-refractivity contribution in [3.05, 3.63) is 102 Å². The minimum absolute atomic E-state index is 0.0000669. The van der Waals surface area contributed by atoms with Crippen LogP contribution in [0.4, 0.5) is 0 Å². The number of methoxy groups -OCH3 is 1. The quantitative estimate of drug-likeness (QED) is 0.489. The lowest BCUT2D eigenvalue weighted by molar-refractivity contribution is 0.0732. The lowest BCUT2D eigenvalue weighted by atomic mass is 9.99. The van der Waals surface area contributed by atoms with Crippen LogP contribution < -0.4 is 4.74 Å². The zero-order valence-corrected chi connectivity index (χ0v) is 17.4. The van der Waals surface area contributed by atoms with Gasteiger partial charge in [0.05, 0.1) is 30.7 Å². The molecule has 3 aromatic carbocycles. The Kier molecular flexibility index (Phi) is 5.00. The third-order valence-electron chi connectivity index (χ3n) is 5.69. The van der Waals surface area contributed by atoms with Gasteiger partial charge in [-0.25, -0.2) is 4.68 Å². The van der Waals surface area contributed by atoms with Crippen molar-refractivity contribution in [3.8, 4) is 22.7 Å². The Morgan fingerprint density at radius 1 is 0.935 bits per heavy atom. The first-order chi connectivity index (χ1) is 15.2. The summed E-state index contributed by atoms with van der Waals surface area (Å²) in [6.07, 6.45) is 0.766. The molecule has 1 aliphatic rings. The highest BCUT2D eigenvalue weighted by Gasteiger charge is 2.28. The first kappa shape index (κ1) is 19.1. The standard InChI is InChI=1S/C26H23N3O2/c1-31-22-14-8-11-20(17-22)26(30)28-16-15-23-24(18-28)27-29(21-12-6-3-7-13-21)25(23)19-9-4-2-5-10-19/h2-14,17H,15-16,18H2,1H3. The van der Waals surface area contributed by atoms with E-state index >= 15 is 0 Å². The van der Waals surface area contributed by atoms with Crippen LogP contribution in [0.1, 0.15) is 21.6 Å². The normalized spacial score (nSPS) is 13.0. The number of hydrogen-bond donors (Lipinski definition) is 0. The molecule has 0 fully saturated rings. The topological polar surface area (TPSA) is 47.4 Å². The molecule has 5 heteroatoms. The molecule has 0 bridgehead atoms. The molecule has 31 heavy (non-hydrogen) atoms. The van der Waals surface area contributed by atoms with Crippen molar-refractivity contribution in [3.63, 3.8) is 0 Å². The van der Waals surface area contributed by atoms with E-state index < -0.39 is 0 Å². The molecule has 0 unspecified atom stereocenters. The average Bonchev–Trinajstić information content (AvgIpc) is 3.23. The van der Waals surface area contributed by atoms with Crippen molar-refractivity contribution in [1.29, 1.82) is 0 Å². The highest BCUT2D eigenvalue weighted by molar-refractivity contribution is 5.94. The molecule has 1 aliphatic heterocycles. The van der Waals surface area contributed by atoms with Crippen LogP contribution in [0.5, 0.6) is 5.75 Å². The van der Waals surface area contributed by atoms with E-state index in [4.69, 9.17) is 9.84 Å². The number of carbonyl (C=O) groups excluding carboxylic acids is 1. The van der Waals surface area contributed by atoms with Gasteiger partial charge in [0.15, 0.2) is 0 Å². The van der Waals surface area contributed by atoms with Crippen LogP contribution in [0.3, 0.4) is 0 Å². The third-order valence-corrected chi connectivity index (χ3v) is 5.69. The first-order valence-electron chi connectivity index (χ1n) is 10.4. The molecule has 0 aliphatic carbocycles. The Bertz CT molecular complexity index is 1220. The number of amides is 1. The zero-order chi connectivity index (χ0) is 21.2. The van der Waals surface area contributed by atoms with E-state index in [1.807, 2.05) is 64.2 Å². The molecule has 0 N–H and O–H groups in total. The molecule has 1 amide bonds. The Hall–Kier alpha value is -3.86. The summed E-state index contributed by atoms with van der Waals surface area (Å²) < 4.78 is 7.29. The molecule has 1 aromatic heterocycles. The van der Waals surface area contributed by atoms with Crippen LogP contribution >= 0.6 is 0 Å². The number of benzene rings is 3. The van der Waals surface area contributed by atoms with Crippen LogP contribution in [0, 0.1) is 0 Å². The van der Waals surface area contributed by atoms with Crippen LogP contribution in [0.2, 0.25) is 0 Å². The fraction of sp³-hybridized carbons (Fsp3) is 0.154. The Morgan fingerprint density at radius 2 is 1.68 bits per heavy atom. The third kappa shape index (κ3) is 3.59. The van der Waals surface area contributed by atoms with E-state index in [0.717, 1.165) is 29.1 Å². The van der Waals surface area contributed by atoms with Gasteiger partial charge in [0, 0.05) is 23.2 Å². The second kappa shape index (κ2) is 8.11. The largest absolute Gasteiger partial charge is 0.497 e. The van der Waals surface area contributed by atoms with Gasteiger partial charge >= 0.3 is 0 Å². The molecule has 2 heterocycles. The summed E-state index contributed by atoms with van der Waals surface area (Å²) in [4.78, 5) is 15.0. The minimum Gasteiger partial charge on any atom is -0.497 e. The summed E-state index contributed by atoms with van der Waals surface area (Å²) in [5.41, 5.74) is 6.05. The maximum absolute atomic E-state index is 13.1. The molecule has 0 saturated heterocycles. The number of fused-ring (bicyclic) bond motifs is 1. The van der Waals surface area contributed by atoms with Gasteiger partial charge in [-0.05, 0) is 36.8 Å². The van der Waals surface area contributed by atoms with E-state index in [9.17, 15) is 4.79 Å². The van der Waals surface area contributed by atoms with Gasteiger partial charge in [0.25, 0.3) is 5.91 Å². The molecule has 5 nitrogen and oxygen atoms in total. The minimum atomic E-state index is 0.0000669. The number of aromatic nitrogens is 2. The maximum atomic E-state index is 13.1. The van der Waals surface area contributed by atoms with Gasteiger partial charge in [-0.2, -0.15) is 5.10 Å². The molecule has 0 radical (unpaired) electrons. The number of rotatable bonds is 4. The van der Waals surface area contributed by atoms with Crippen molar-refractivity contribution < 1.29 is 9.53 Å². The Morgan fingerprint density at radius 3 is 2.42 bits per heavy atom. The molecule has 0 atom stereocenters. The second-order valence-electron chi connectivity index (χ2n) is 7.60. The van der Waals surface area contributed by atoms with Crippen molar-refractivity contribution in [2.45, 2.75) is 13.0 Å². The molecular formula is C26H23N3O2. The smallest absolute Gasteiger partial charge is 0.254 e. The Balaban J connectivity index is 1.53. The summed E-state index contributed by atoms with van der Waals surface area (Å²) >= 11 is 0. The van der Waals surface area contributed by atoms with E-state index in [-0.39, 0.29) is 5.91 Å². The number of para-hydroxylation sites is 1. The van der Waals surface area contributed by atoms with Gasteiger partial charge in [0.2, 0.25) is 0 Å². The van der Waals surface area contributed by atoms with Gasteiger partial charge in [-0.3, -0.25) is 4.79 Å². The van der Waals surface area contributed by atoms with E-state index in [1.165, 1.54) is 5.56 Å². The molecule has 154 valence electrons. The number of hydrogen-bond acceptors (Lipinski definition) is 3. The number of ether oxygens (including phenoxy) is 1. The molecular weight excluding hydrogens is 386 g/mol. The maximum Gasteiger partial charge on any atom is 0.254 e. The van der Waals surface area contributed by atoms with Crippen molar-refractivity contribution in [2.24, 2.45) is 0 Å². The molecule has 5 rings (SSSR count). The van der Waals surface area contributed by atoms with Crippen molar-refractivity contribution in [2.75, 3.05) is 13.7 Å². The molecule has 0 saturated carbocycles. The fourth-order valence-corrected chi connectivity index (χ4v) is 4.15. The van der Waals surface area contributed by atoms with Crippen LogP contribution in [-0.4, -0.2) is 34.2 Å². The predicted molar refractivity (Wildman–Crippen MR) is 120 cm³/mol. The number of carbonyl (C=O) groups is 1. The zero-order valence-electron chi connectivity index (χ0n) is 17.4.